The number of nitrogens with zero attached hydrogens (tertiary/aromatic N) is 3. The second kappa shape index (κ2) is 7.86. The molecule has 2 aromatic carbocycles. The molecule has 0 fully saturated rings. The van der Waals surface area contributed by atoms with Gasteiger partial charge in [0.05, 0.1) is 5.69 Å². The maximum atomic E-state index is 13.8. The summed E-state index contributed by atoms with van der Waals surface area (Å²) in [6.45, 7) is 3.93. The molecule has 0 radical (unpaired) electrons. The van der Waals surface area contributed by atoms with E-state index >= 15 is 0 Å². The summed E-state index contributed by atoms with van der Waals surface area (Å²) in [4.78, 5) is 5.47. The predicted octanol–water partition coefficient (Wildman–Crippen LogP) is 3.87. The number of aromatic nitrogens is 3. The lowest BCUT2D eigenvalue weighted by Gasteiger charge is -2.07. The molecule has 0 aliphatic rings. The third-order valence-corrected chi connectivity index (χ3v) is 7.32. The predicted molar refractivity (Wildman–Crippen MR) is 111 cm³/mol. The fourth-order valence-electron chi connectivity index (χ4n) is 3.00. The number of halogens is 2. The molecule has 30 heavy (non-hydrogen) atoms. The van der Waals surface area contributed by atoms with Crippen molar-refractivity contribution in [3.05, 3.63) is 70.2 Å². The van der Waals surface area contributed by atoms with E-state index in [2.05, 4.69) is 14.8 Å². The molecule has 0 amide bonds. The van der Waals surface area contributed by atoms with Crippen molar-refractivity contribution in [3.8, 4) is 11.4 Å². The third kappa shape index (κ3) is 3.98. The first-order valence-corrected chi connectivity index (χ1v) is 11.4. The molecule has 0 bridgehead atoms. The van der Waals surface area contributed by atoms with Crippen molar-refractivity contribution in [2.24, 2.45) is 0 Å². The highest BCUT2D eigenvalue weighted by molar-refractivity contribution is 7.89. The summed E-state index contributed by atoms with van der Waals surface area (Å²) < 4.78 is 55.7. The van der Waals surface area contributed by atoms with Crippen LogP contribution < -0.4 is 4.72 Å². The first-order chi connectivity index (χ1) is 14.2. The van der Waals surface area contributed by atoms with Gasteiger partial charge in [-0.2, -0.15) is 4.98 Å². The van der Waals surface area contributed by atoms with Crippen LogP contribution in [0, 0.1) is 25.5 Å². The van der Waals surface area contributed by atoms with Crippen molar-refractivity contribution in [1.29, 1.82) is 0 Å². The zero-order chi connectivity index (χ0) is 21.5. The summed E-state index contributed by atoms with van der Waals surface area (Å²) >= 11 is 1.41. The largest absolute Gasteiger partial charge is 0.243 e. The fourth-order valence-corrected chi connectivity index (χ4v) is 5.17. The summed E-state index contributed by atoms with van der Waals surface area (Å²) in [5, 5.41) is 4.54. The summed E-state index contributed by atoms with van der Waals surface area (Å²) in [6.07, 6.45) is 0.373. The van der Waals surface area contributed by atoms with Gasteiger partial charge in [-0.15, -0.1) is 5.10 Å². The van der Waals surface area contributed by atoms with Crippen molar-refractivity contribution in [2.75, 3.05) is 6.54 Å². The molecule has 4 aromatic rings. The Morgan fingerprint density at radius 3 is 2.53 bits per heavy atom. The highest BCUT2D eigenvalue weighted by Gasteiger charge is 2.20. The smallest absolute Gasteiger partial charge is 0.211 e. The van der Waals surface area contributed by atoms with E-state index in [1.807, 2.05) is 38.1 Å². The minimum absolute atomic E-state index is 0.0353. The van der Waals surface area contributed by atoms with Gasteiger partial charge in [0.2, 0.25) is 15.0 Å². The van der Waals surface area contributed by atoms with Gasteiger partial charge in [-0.05, 0) is 38.5 Å². The fraction of sp³-hybridized carbons (Fsp3) is 0.200. The van der Waals surface area contributed by atoms with E-state index < -0.39 is 26.6 Å². The number of sulfonamides is 1. The van der Waals surface area contributed by atoms with Gasteiger partial charge >= 0.3 is 0 Å². The van der Waals surface area contributed by atoms with Crippen LogP contribution in [0.3, 0.4) is 0 Å². The molecule has 0 spiro atoms. The Kier molecular flexibility index (Phi) is 5.39. The molecule has 0 aliphatic heterocycles. The molecule has 2 aromatic heterocycles. The first-order valence-electron chi connectivity index (χ1n) is 9.11. The summed E-state index contributed by atoms with van der Waals surface area (Å²) in [5.74, 6) is -1.19. The van der Waals surface area contributed by atoms with Gasteiger partial charge in [-0.25, -0.2) is 26.4 Å². The van der Waals surface area contributed by atoms with Crippen molar-refractivity contribution < 1.29 is 17.2 Å². The Labute approximate surface area is 176 Å². The van der Waals surface area contributed by atoms with Crippen LogP contribution in [0.15, 0.2) is 47.4 Å². The summed E-state index contributed by atoms with van der Waals surface area (Å²) in [6, 6.07) is 10.2. The minimum Gasteiger partial charge on any atom is -0.211 e. The van der Waals surface area contributed by atoms with Gasteiger partial charge in [0.25, 0.3) is 0 Å². The molecule has 0 saturated heterocycles. The molecular weight excluding hydrogens is 430 g/mol. The second-order valence-corrected chi connectivity index (χ2v) is 9.63. The highest BCUT2D eigenvalue weighted by atomic mass is 32.2. The van der Waals surface area contributed by atoms with E-state index in [0.29, 0.717) is 23.3 Å². The third-order valence-electron chi connectivity index (χ3n) is 4.65. The van der Waals surface area contributed by atoms with Crippen LogP contribution in [0.2, 0.25) is 0 Å². The lowest BCUT2D eigenvalue weighted by Crippen LogP contribution is -2.27. The van der Waals surface area contributed by atoms with Crippen LogP contribution >= 0.6 is 11.3 Å². The average molecular weight is 449 g/mol. The van der Waals surface area contributed by atoms with Gasteiger partial charge in [-0.3, -0.25) is 0 Å². The van der Waals surface area contributed by atoms with Crippen molar-refractivity contribution in [3.63, 3.8) is 0 Å². The van der Waals surface area contributed by atoms with Gasteiger partial charge in [0.1, 0.15) is 16.5 Å². The molecule has 6 nitrogen and oxygen atoms in total. The van der Waals surface area contributed by atoms with Gasteiger partial charge in [-0.1, -0.05) is 41.2 Å². The topological polar surface area (TPSA) is 76.4 Å². The zero-order valence-corrected chi connectivity index (χ0v) is 17.8. The first kappa shape index (κ1) is 20.6. The maximum Gasteiger partial charge on any atom is 0.243 e. The Hall–Kier alpha value is -2.69. The molecule has 0 aliphatic carbocycles. The van der Waals surface area contributed by atoms with Crippen LogP contribution in [0.5, 0.6) is 0 Å². The van der Waals surface area contributed by atoms with Gasteiger partial charge in [0, 0.05) is 17.0 Å². The lowest BCUT2D eigenvalue weighted by atomic mass is 10.1. The molecule has 0 atom stereocenters. The second-order valence-electron chi connectivity index (χ2n) is 6.83. The molecule has 2 heterocycles. The standard InChI is InChI=1S/C20H18F2N4O2S2/c1-12-3-5-14(6-4-12)19-24-20-26(25-19)13(2)17(29-20)9-10-23-30(27,28)18-11-15(21)7-8-16(18)22/h3-8,11,23H,9-10H2,1-2H3. The average Bonchev–Trinajstić information content (AvgIpc) is 3.24. The SMILES string of the molecule is Cc1ccc(-c2nc3sc(CCNS(=O)(=O)c4cc(F)ccc4F)c(C)n3n2)cc1. The van der Waals surface area contributed by atoms with E-state index in [1.54, 1.807) is 4.52 Å². The lowest BCUT2D eigenvalue weighted by molar-refractivity contribution is 0.546. The van der Waals surface area contributed by atoms with Crippen LogP contribution in [0.25, 0.3) is 16.3 Å². The number of nitrogens with one attached hydrogen (secondary N) is 1. The van der Waals surface area contributed by atoms with Crippen molar-refractivity contribution in [1.82, 2.24) is 19.3 Å². The minimum atomic E-state index is -4.16. The molecule has 0 unspecified atom stereocenters. The number of benzene rings is 2. The quantitative estimate of drug-likeness (QED) is 0.486. The molecule has 156 valence electrons. The number of thiazole rings is 1. The number of hydrogen-bond acceptors (Lipinski definition) is 5. The Balaban J connectivity index is 1.49. The van der Waals surface area contributed by atoms with Gasteiger partial charge < -0.3 is 0 Å². The van der Waals surface area contributed by atoms with Crippen LogP contribution in [-0.4, -0.2) is 29.6 Å². The number of aryl methyl sites for hydroxylation is 2. The Morgan fingerprint density at radius 1 is 1.10 bits per heavy atom. The van der Waals surface area contributed by atoms with E-state index in [-0.39, 0.29) is 6.54 Å². The molecule has 4 rings (SSSR count). The van der Waals surface area contributed by atoms with Crippen molar-refractivity contribution in [2.45, 2.75) is 25.2 Å². The van der Waals surface area contributed by atoms with Crippen LogP contribution in [0.1, 0.15) is 16.1 Å². The van der Waals surface area contributed by atoms with Gasteiger partial charge in [0.15, 0.2) is 5.82 Å². The van der Waals surface area contributed by atoms with E-state index in [0.717, 1.165) is 33.8 Å². The molecule has 0 saturated carbocycles. The van der Waals surface area contributed by atoms with Crippen molar-refractivity contribution >= 4 is 26.3 Å². The Bertz CT molecular complexity index is 1330. The normalized spacial score (nSPS) is 12.0. The Morgan fingerprint density at radius 2 is 1.83 bits per heavy atom. The molecule has 10 heteroatoms. The van der Waals surface area contributed by atoms with E-state index in [4.69, 9.17) is 0 Å². The maximum absolute atomic E-state index is 13.8. The highest BCUT2D eigenvalue weighted by Crippen LogP contribution is 2.25. The monoisotopic (exact) mass is 448 g/mol. The van der Waals surface area contributed by atoms with Crippen LogP contribution in [0.4, 0.5) is 8.78 Å². The van der Waals surface area contributed by atoms with E-state index in [9.17, 15) is 17.2 Å². The van der Waals surface area contributed by atoms with E-state index in [1.165, 1.54) is 11.3 Å². The number of rotatable bonds is 6. The summed E-state index contributed by atoms with van der Waals surface area (Å²) in [5.41, 5.74) is 2.93. The molecule has 1 N–H and O–H groups in total. The van der Waals surface area contributed by atoms with Crippen LogP contribution in [-0.2, 0) is 16.4 Å². The summed E-state index contributed by atoms with van der Waals surface area (Å²) in [7, 11) is -4.16. The number of fused-ring (bicyclic) bond motifs is 1. The zero-order valence-electron chi connectivity index (χ0n) is 16.2. The number of hydrogen-bond donors (Lipinski definition) is 1. The molecular formula is C20H18F2N4O2S2.